The average molecular weight is 330 g/mol. The minimum absolute atomic E-state index is 0.273. The van der Waals surface area contributed by atoms with Crippen molar-refractivity contribution in [3.05, 3.63) is 0 Å². The van der Waals surface area contributed by atoms with Gasteiger partial charge in [0.2, 0.25) is 0 Å². The summed E-state index contributed by atoms with van der Waals surface area (Å²) in [6.07, 6.45) is 5.89. The van der Waals surface area contributed by atoms with E-state index in [1.807, 2.05) is 22.6 Å². The molecule has 42 valence electrons. The van der Waals surface area contributed by atoms with Crippen LogP contribution in [-0.2, 0) is 0 Å². The van der Waals surface area contributed by atoms with Crippen molar-refractivity contribution in [2.75, 3.05) is 0 Å². The minimum Gasteiger partial charge on any atom is -0.119 e. The smallest absolute Gasteiger partial charge is 0.0825 e. The van der Waals surface area contributed by atoms with Gasteiger partial charge in [-0.05, 0) is 3.93 Å². The first-order valence-corrected chi connectivity index (χ1v) is 4.32. The normalized spacial score (nSPS) is 10.6. The Morgan fingerprint density at radius 1 is 1.62 bits per heavy atom. The third-order valence-corrected chi connectivity index (χ3v) is 1.71. The lowest BCUT2D eigenvalue weighted by Gasteiger charge is -1.88. The van der Waals surface area contributed by atoms with Crippen LogP contribution in [0.4, 0.5) is 0 Å². The number of alkyl halides is 1. The topological polar surface area (TPSA) is 0 Å². The highest BCUT2D eigenvalue weighted by atomic mass is 127. The molecule has 0 rings (SSSR count). The molecule has 0 aromatic heterocycles. The molecule has 0 saturated heterocycles. The second-order valence-corrected chi connectivity index (χ2v) is 3.15. The molecule has 0 heterocycles. The molecule has 1 atom stereocenters. The van der Waals surface area contributed by atoms with Crippen LogP contribution in [-0.4, -0.2) is 3.92 Å². The average Bonchev–Trinajstić information content (AvgIpc) is 1.83. The summed E-state index contributed by atoms with van der Waals surface area (Å²) in [4.78, 5) is 0. The van der Waals surface area contributed by atoms with E-state index in [2.05, 4.69) is 38.4 Å². The van der Waals surface area contributed by atoms with E-state index in [1.165, 1.54) is 0 Å². The van der Waals surface area contributed by atoms with Crippen LogP contribution in [0.1, 0.15) is 6.42 Å². The van der Waals surface area contributed by atoms with Gasteiger partial charge in [0.1, 0.15) is 0 Å². The van der Waals surface area contributed by atoms with Crippen molar-refractivity contribution >= 4 is 45.2 Å². The Kier molecular flexibility index (Phi) is 6.13. The molecular weight excluding hydrogens is 326 g/mol. The zero-order chi connectivity index (χ0) is 6.41. The summed E-state index contributed by atoms with van der Waals surface area (Å²) >= 11 is 4.19. The zero-order valence-electron chi connectivity index (χ0n) is 4.12. The van der Waals surface area contributed by atoms with E-state index < -0.39 is 0 Å². The molecule has 0 amide bonds. The summed E-state index contributed by atoms with van der Waals surface area (Å²) in [5, 5.41) is 0. The van der Waals surface area contributed by atoms with E-state index in [1.54, 1.807) is 0 Å². The van der Waals surface area contributed by atoms with Crippen LogP contribution in [0.3, 0.4) is 0 Å². The van der Waals surface area contributed by atoms with Crippen LogP contribution in [0.15, 0.2) is 0 Å². The van der Waals surface area contributed by atoms with Crippen molar-refractivity contribution in [2.24, 2.45) is 0 Å². The number of halogens is 2. The molecule has 0 saturated carbocycles. The Labute approximate surface area is 77.1 Å². The molecule has 1 unspecified atom stereocenters. The van der Waals surface area contributed by atoms with Crippen molar-refractivity contribution in [3.8, 4) is 22.2 Å². The largest absolute Gasteiger partial charge is 0.119 e. The third kappa shape index (κ3) is 4.73. The highest BCUT2D eigenvalue weighted by Gasteiger charge is 1.91. The Hall–Kier alpha value is 0.580. The van der Waals surface area contributed by atoms with Gasteiger partial charge < -0.3 is 0 Å². The van der Waals surface area contributed by atoms with Crippen LogP contribution in [0.5, 0.6) is 0 Å². The summed E-state index contributed by atoms with van der Waals surface area (Å²) in [5.74, 6) is 5.47. The predicted molar refractivity (Wildman–Crippen MR) is 53.1 cm³/mol. The monoisotopic (exact) mass is 330 g/mol. The molecule has 0 bridgehead atoms. The molecule has 0 aliphatic heterocycles. The number of hydrogen-bond acceptors (Lipinski definition) is 0. The molecule has 0 aliphatic rings. The minimum atomic E-state index is 0.273. The van der Waals surface area contributed by atoms with Crippen LogP contribution in [0.2, 0.25) is 0 Å². The molecule has 2 heteroatoms. The Balaban J connectivity index is 3.38. The summed E-state index contributed by atoms with van der Waals surface area (Å²) < 4.78 is 3.03. The lowest BCUT2D eigenvalue weighted by molar-refractivity contribution is 1.19. The van der Waals surface area contributed by atoms with Crippen LogP contribution < -0.4 is 0 Å². The molecule has 0 nitrogen and oxygen atoms in total. The number of hydrogen-bond donors (Lipinski definition) is 0. The van der Waals surface area contributed by atoms with Gasteiger partial charge >= 0.3 is 0 Å². The lowest BCUT2D eigenvalue weighted by atomic mass is 10.3. The molecule has 0 aromatic rings. The van der Waals surface area contributed by atoms with E-state index in [0.717, 1.165) is 6.42 Å². The van der Waals surface area contributed by atoms with Crippen molar-refractivity contribution < 1.29 is 0 Å². The van der Waals surface area contributed by atoms with Crippen molar-refractivity contribution in [2.45, 2.75) is 10.3 Å². The van der Waals surface area contributed by atoms with Gasteiger partial charge in [-0.3, -0.25) is 0 Å². The quantitative estimate of drug-likeness (QED) is 0.393. The zero-order valence-corrected chi connectivity index (χ0v) is 8.43. The van der Waals surface area contributed by atoms with Gasteiger partial charge in [-0.1, -0.05) is 34.4 Å². The Bertz CT molecular complexity index is 144. The van der Waals surface area contributed by atoms with Gasteiger partial charge in [0, 0.05) is 29.0 Å². The maximum absolute atomic E-state index is 5.09. The van der Waals surface area contributed by atoms with E-state index in [-0.39, 0.29) is 3.92 Å². The second kappa shape index (κ2) is 5.71. The van der Waals surface area contributed by atoms with Gasteiger partial charge in [-0.25, -0.2) is 0 Å². The summed E-state index contributed by atoms with van der Waals surface area (Å²) in [6, 6.07) is 0. The second-order valence-electron chi connectivity index (χ2n) is 1.11. The van der Waals surface area contributed by atoms with Crippen LogP contribution in [0.25, 0.3) is 0 Å². The van der Waals surface area contributed by atoms with Crippen LogP contribution >= 0.6 is 45.2 Å². The van der Waals surface area contributed by atoms with Gasteiger partial charge in [-0.15, -0.1) is 6.42 Å². The Morgan fingerprint density at radius 3 is 2.62 bits per heavy atom. The maximum atomic E-state index is 5.09. The van der Waals surface area contributed by atoms with Gasteiger partial charge in [0.05, 0.1) is 3.92 Å². The molecule has 0 aliphatic carbocycles. The van der Waals surface area contributed by atoms with Gasteiger partial charge in [0.15, 0.2) is 0 Å². The van der Waals surface area contributed by atoms with E-state index in [0.29, 0.717) is 0 Å². The first kappa shape index (κ1) is 8.58. The third-order valence-electron chi connectivity index (χ3n) is 0.529. The summed E-state index contributed by atoms with van der Waals surface area (Å²) in [5.41, 5.74) is 0. The molecule has 0 spiro atoms. The molecule has 0 radical (unpaired) electrons. The van der Waals surface area contributed by atoms with Gasteiger partial charge in [0.25, 0.3) is 0 Å². The predicted octanol–water partition coefficient (Wildman–Crippen LogP) is 2.21. The fourth-order valence-electron chi connectivity index (χ4n) is 0.187. The van der Waals surface area contributed by atoms with Crippen LogP contribution in [0, 0.1) is 22.2 Å². The Morgan fingerprint density at radius 2 is 2.25 bits per heavy atom. The van der Waals surface area contributed by atoms with Crippen molar-refractivity contribution in [3.63, 3.8) is 0 Å². The number of rotatable bonds is 1. The molecule has 8 heavy (non-hydrogen) atoms. The highest BCUT2D eigenvalue weighted by Crippen LogP contribution is 2.01. The number of terminal acetylenes is 1. The molecule has 0 fully saturated rings. The first-order valence-electron chi connectivity index (χ1n) is 2.00. The summed E-state index contributed by atoms with van der Waals surface area (Å²) in [7, 11) is 0. The highest BCUT2D eigenvalue weighted by molar-refractivity contribution is 14.1. The van der Waals surface area contributed by atoms with E-state index in [9.17, 15) is 0 Å². The SMILES string of the molecule is C#CC(I)CC#CI. The molecule has 0 aromatic carbocycles. The van der Waals surface area contributed by atoms with E-state index >= 15 is 0 Å². The lowest BCUT2D eigenvalue weighted by Crippen LogP contribution is -1.87. The van der Waals surface area contributed by atoms with Crippen molar-refractivity contribution in [1.82, 2.24) is 0 Å². The van der Waals surface area contributed by atoms with Gasteiger partial charge in [-0.2, -0.15) is 0 Å². The fourth-order valence-corrected chi connectivity index (χ4v) is 0.628. The van der Waals surface area contributed by atoms with Crippen molar-refractivity contribution in [1.29, 1.82) is 0 Å². The fraction of sp³-hybridized carbons (Fsp3) is 0.333. The summed E-state index contributed by atoms with van der Waals surface area (Å²) in [6.45, 7) is 0. The first-order chi connectivity index (χ1) is 3.81. The standard InChI is InChI=1S/C6H4I2/c1-2-6(8)4-3-5-7/h1,6H,4H2. The van der Waals surface area contributed by atoms with E-state index in [4.69, 9.17) is 6.42 Å². The molecule has 0 N–H and O–H groups in total. The molecular formula is C6H4I2. The maximum Gasteiger partial charge on any atom is 0.0825 e.